The second kappa shape index (κ2) is 4.68. The van der Waals surface area contributed by atoms with Crippen molar-refractivity contribution in [1.82, 2.24) is 4.98 Å². The van der Waals surface area contributed by atoms with Crippen LogP contribution in [0.15, 0.2) is 42.6 Å². The Morgan fingerprint density at radius 1 is 1.00 bits per heavy atom. The van der Waals surface area contributed by atoms with E-state index in [1.165, 1.54) is 12.1 Å². The molecule has 0 saturated heterocycles. The van der Waals surface area contributed by atoms with Crippen molar-refractivity contribution in [3.8, 4) is 17.0 Å². The van der Waals surface area contributed by atoms with Crippen LogP contribution in [0.25, 0.3) is 11.3 Å². The zero-order valence-corrected chi connectivity index (χ0v) is 9.53. The first-order valence-corrected chi connectivity index (χ1v) is 5.23. The van der Waals surface area contributed by atoms with E-state index in [0.29, 0.717) is 5.69 Å². The van der Waals surface area contributed by atoms with E-state index in [0.717, 1.165) is 11.1 Å². The summed E-state index contributed by atoms with van der Waals surface area (Å²) in [5.41, 5.74) is 2.47. The number of hydrogen-bond donors (Lipinski definition) is 0. The monoisotopic (exact) mass is 253 g/mol. The van der Waals surface area contributed by atoms with Gasteiger partial charge in [-0.1, -0.05) is 6.07 Å². The molecule has 0 bridgehead atoms. The van der Waals surface area contributed by atoms with Gasteiger partial charge in [-0.25, -0.2) is 0 Å². The number of alkyl halides is 3. The van der Waals surface area contributed by atoms with Crippen molar-refractivity contribution >= 4 is 0 Å². The van der Waals surface area contributed by atoms with Crippen LogP contribution in [0.3, 0.4) is 0 Å². The van der Waals surface area contributed by atoms with Gasteiger partial charge in [-0.05, 0) is 42.8 Å². The van der Waals surface area contributed by atoms with Gasteiger partial charge < -0.3 is 4.74 Å². The zero-order chi connectivity index (χ0) is 13.2. The number of hydrogen-bond acceptors (Lipinski definition) is 2. The number of benzene rings is 1. The Morgan fingerprint density at radius 3 is 2.17 bits per heavy atom. The number of rotatable bonds is 2. The summed E-state index contributed by atoms with van der Waals surface area (Å²) >= 11 is 0. The molecule has 5 heteroatoms. The van der Waals surface area contributed by atoms with Gasteiger partial charge in [0.15, 0.2) is 0 Å². The van der Waals surface area contributed by atoms with E-state index in [-0.39, 0.29) is 5.75 Å². The van der Waals surface area contributed by atoms with Crippen molar-refractivity contribution in [3.05, 3.63) is 48.2 Å². The number of halogens is 3. The second-order valence-electron chi connectivity index (χ2n) is 3.79. The fourth-order valence-electron chi connectivity index (χ4n) is 1.47. The molecule has 1 aromatic heterocycles. The van der Waals surface area contributed by atoms with Crippen molar-refractivity contribution in [2.24, 2.45) is 0 Å². The highest BCUT2D eigenvalue weighted by molar-refractivity contribution is 5.60. The smallest absolute Gasteiger partial charge is 0.406 e. The van der Waals surface area contributed by atoms with E-state index in [9.17, 15) is 13.2 Å². The zero-order valence-electron chi connectivity index (χ0n) is 9.53. The summed E-state index contributed by atoms with van der Waals surface area (Å²) in [6.07, 6.45) is -2.96. The molecule has 1 heterocycles. The lowest BCUT2D eigenvalue weighted by atomic mass is 10.1. The molecule has 2 rings (SSSR count). The Bertz CT molecular complexity index is 517. The van der Waals surface area contributed by atoms with E-state index in [4.69, 9.17) is 0 Å². The molecule has 0 fully saturated rings. The maximum atomic E-state index is 12.0. The van der Waals surface area contributed by atoms with Crippen molar-refractivity contribution in [3.63, 3.8) is 0 Å². The van der Waals surface area contributed by atoms with Gasteiger partial charge in [0.05, 0.1) is 5.69 Å². The van der Waals surface area contributed by atoms with Gasteiger partial charge >= 0.3 is 6.36 Å². The molecule has 0 saturated carbocycles. The van der Waals surface area contributed by atoms with E-state index >= 15 is 0 Å². The fourth-order valence-corrected chi connectivity index (χ4v) is 1.47. The summed E-state index contributed by atoms with van der Waals surface area (Å²) < 4.78 is 39.7. The third kappa shape index (κ3) is 3.23. The van der Waals surface area contributed by atoms with Crippen LogP contribution in [0, 0.1) is 6.92 Å². The lowest BCUT2D eigenvalue weighted by molar-refractivity contribution is -0.274. The number of ether oxygens (including phenoxy) is 1. The van der Waals surface area contributed by atoms with Gasteiger partial charge in [0.2, 0.25) is 0 Å². The summed E-state index contributed by atoms with van der Waals surface area (Å²) in [5.74, 6) is -0.238. The van der Waals surface area contributed by atoms with Crippen LogP contribution in [-0.2, 0) is 0 Å². The summed E-state index contributed by atoms with van der Waals surface area (Å²) in [6.45, 7) is 1.91. The number of aryl methyl sites for hydroxylation is 1. The molecule has 0 atom stereocenters. The minimum absolute atomic E-state index is 0.238. The maximum Gasteiger partial charge on any atom is 0.573 e. The topological polar surface area (TPSA) is 22.1 Å². The van der Waals surface area contributed by atoms with E-state index in [1.807, 2.05) is 19.1 Å². The Kier molecular flexibility index (Phi) is 3.23. The molecule has 0 amide bonds. The van der Waals surface area contributed by atoms with Crippen molar-refractivity contribution in [2.45, 2.75) is 13.3 Å². The van der Waals surface area contributed by atoms with Crippen LogP contribution in [0.1, 0.15) is 5.56 Å². The Balaban J connectivity index is 2.20. The van der Waals surface area contributed by atoms with Crippen LogP contribution in [0.2, 0.25) is 0 Å². The van der Waals surface area contributed by atoms with Crippen LogP contribution in [0.4, 0.5) is 13.2 Å². The SMILES string of the molecule is Cc1ccc(-c2ccc(OC(F)(F)F)cc2)nc1. The number of pyridine rings is 1. The minimum Gasteiger partial charge on any atom is -0.406 e. The Labute approximate surface area is 102 Å². The second-order valence-corrected chi connectivity index (χ2v) is 3.79. The van der Waals surface area contributed by atoms with Crippen LogP contribution in [0.5, 0.6) is 5.75 Å². The van der Waals surface area contributed by atoms with Gasteiger partial charge in [0.25, 0.3) is 0 Å². The van der Waals surface area contributed by atoms with E-state index in [2.05, 4.69) is 9.72 Å². The molecule has 0 radical (unpaired) electrons. The largest absolute Gasteiger partial charge is 0.573 e. The first kappa shape index (κ1) is 12.4. The number of nitrogens with zero attached hydrogens (tertiary/aromatic N) is 1. The molecule has 0 aliphatic carbocycles. The summed E-state index contributed by atoms with van der Waals surface area (Å²) in [4.78, 5) is 4.19. The average Bonchev–Trinajstić information content (AvgIpc) is 2.29. The predicted molar refractivity (Wildman–Crippen MR) is 61.1 cm³/mol. The van der Waals surface area contributed by atoms with Gasteiger partial charge in [-0.15, -0.1) is 13.2 Å². The van der Waals surface area contributed by atoms with Gasteiger partial charge in [0, 0.05) is 11.8 Å². The van der Waals surface area contributed by atoms with Crippen molar-refractivity contribution in [1.29, 1.82) is 0 Å². The highest BCUT2D eigenvalue weighted by Gasteiger charge is 2.30. The standard InChI is InChI=1S/C13H10F3NO/c1-9-2-7-12(17-8-9)10-3-5-11(6-4-10)18-13(14,15)16/h2-8H,1H3. The summed E-state index contributed by atoms with van der Waals surface area (Å²) in [5, 5.41) is 0. The molecule has 2 aromatic rings. The predicted octanol–water partition coefficient (Wildman–Crippen LogP) is 3.96. The lowest BCUT2D eigenvalue weighted by Crippen LogP contribution is -2.16. The van der Waals surface area contributed by atoms with Gasteiger partial charge in [-0.2, -0.15) is 0 Å². The minimum atomic E-state index is -4.66. The fraction of sp³-hybridized carbons (Fsp3) is 0.154. The van der Waals surface area contributed by atoms with Crippen molar-refractivity contribution in [2.75, 3.05) is 0 Å². The van der Waals surface area contributed by atoms with Gasteiger partial charge in [-0.3, -0.25) is 4.98 Å². The van der Waals surface area contributed by atoms with Crippen molar-refractivity contribution < 1.29 is 17.9 Å². The molecule has 0 unspecified atom stereocenters. The van der Waals surface area contributed by atoms with Crippen LogP contribution in [-0.4, -0.2) is 11.3 Å². The summed E-state index contributed by atoms with van der Waals surface area (Å²) in [7, 11) is 0. The van der Waals surface area contributed by atoms with E-state index in [1.54, 1.807) is 18.3 Å². The van der Waals surface area contributed by atoms with Gasteiger partial charge in [0.1, 0.15) is 5.75 Å². The van der Waals surface area contributed by atoms with Crippen LogP contribution >= 0.6 is 0 Å². The molecule has 0 spiro atoms. The maximum absolute atomic E-state index is 12.0. The third-order valence-corrected chi connectivity index (χ3v) is 2.30. The highest BCUT2D eigenvalue weighted by Crippen LogP contribution is 2.25. The average molecular weight is 253 g/mol. The highest BCUT2D eigenvalue weighted by atomic mass is 19.4. The Hall–Kier alpha value is -2.04. The first-order valence-electron chi connectivity index (χ1n) is 5.23. The van der Waals surface area contributed by atoms with E-state index < -0.39 is 6.36 Å². The quantitative estimate of drug-likeness (QED) is 0.808. The normalized spacial score (nSPS) is 11.3. The molecule has 18 heavy (non-hydrogen) atoms. The Morgan fingerprint density at radius 2 is 1.67 bits per heavy atom. The third-order valence-electron chi connectivity index (χ3n) is 2.30. The van der Waals surface area contributed by atoms with Crippen LogP contribution < -0.4 is 4.74 Å². The number of aromatic nitrogens is 1. The lowest BCUT2D eigenvalue weighted by Gasteiger charge is -2.09. The molecular formula is C13H10F3NO. The molecule has 2 nitrogen and oxygen atoms in total. The molecule has 0 N–H and O–H groups in total. The molecule has 1 aromatic carbocycles. The molecule has 0 aliphatic rings. The first-order chi connectivity index (χ1) is 8.44. The summed E-state index contributed by atoms with van der Waals surface area (Å²) in [6, 6.07) is 9.32. The molecule has 94 valence electrons. The molecular weight excluding hydrogens is 243 g/mol. The molecule has 0 aliphatic heterocycles.